The quantitative estimate of drug-likeness (QED) is 0.140. The molecule has 0 radical (unpaired) electrons. The highest BCUT2D eigenvalue weighted by Gasteiger charge is 2.20. The first-order chi connectivity index (χ1) is 34.7. The number of rotatable bonds is 9. The lowest BCUT2D eigenvalue weighted by Gasteiger charge is -2.26. The van der Waals surface area contributed by atoms with E-state index >= 15 is 0 Å². The van der Waals surface area contributed by atoms with Gasteiger partial charge < -0.3 is 9.47 Å². The molecule has 0 unspecified atom stereocenters. The third-order valence-corrected chi connectivity index (χ3v) is 13.9. The number of hydrogen-bond donors (Lipinski definition) is 0. The van der Waals surface area contributed by atoms with Gasteiger partial charge in [-0.1, -0.05) is 200 Å². The van der Waals surface area contributed by atoms with Gasteiger partial charge in [-0.2, -0.15) is 0 Å². The topological polar surface area (TPSA) is 8.17 Å². The molecule has 2 nitrogen and oxygen atoms in total. The van der Waals surface area contributed by atoms with E-state index in [2.05, 4.69) is 289 Å². The molecular formula is C68H46N2. The lowest BCUT2D eigenvalue weighted by Crippen LogP contribution is -2.10. The predicted octanol–water partition coefficient (Wildman–Crippen LogP) is 18.9. The van der Waals surface area contributed by atoms with Crippen LogP contribution in [0.5, 0.6) is 0 Å². The lowest BCUT2D eigenvalue weighted by molar-refractivity contribution is 1.19. The molecule has 13 aromatic rings. The number of aromatic nitrogens is 1. The first-order valence-electron chi connectivity index (χ1n) is 24.1. The van der Waals surface area contributed by atoms with E-state index in [-0.39, 0.29) is 0 Å². The SMILES string of the molecule is c1ccc(-c2cc(-c3ccccc3)cc(-c3ccc(N(c4ccc(-c5ccc6ccccc6c5)cc4)c4cccc(-c5cccc6c5c5ccc7ccccc7c5n6-c5ccccc5)c4)cc3)c2)cc1. The average Bonchev–Trinajstić information content (AvgIpc) is 3.79. The summed E-state index contributed by atoms with van der Waals surface area (Å²) in [6, 6.07) is 102. The van der Waals surface area contributed by atoms with E-state index in [1.54, 1.807) is 0 Å². The fraction of sp³-hybridized carbons (Fsp3) is 0. The monoisotopic (exact) mass is 890 g/mol. The Balaban J connectivity index is 0.955. The summed E-state index contributed by atoms with van der Waals surface area (Å²) in [6.07, 6.45) is 0. The molecule has 0 atom stereocenters. The predicted molar refractivity (Wildman–Crippen MR) is 298 cm³/mol. The molecule has 13 rings (SSSR count). The maximum atomic E-state index is 2.45. The van der Waals surface area contributed by atoms with Crippen LogP contribution in [0.25, 0.3) is 105 Å². The van der Waals surface area contributed by atoms with Gasteiger partial charge >= 0.3 is 0 Å². The highest BCUT2D eigenvalue weighted by atomic mass is 15.1. The molecule has 1 heterocycles. The lowest BCUT2D eigenvalue weighted by atomic mass is 9.93. The summed E-state index contributed by atoms with van der Waals surface area (Å²) < 4.78 is 2.45. The van der Waals surface area contributed by atoms with E-state index in [4.69, 9.17) is 0 Å². The van der Waals surface area contributed by atoms with Crippen molar-refractivity contribution in [1.29, 1.82) is 0 Å². The van der Waals surface area contributed by atoms with Crippen molar-refractivity contribution in [3.63, 3.8) is 0 Å². The van der Waals surface area contributed by atoms with E-state index in [9.17, 15) is 0 Å². The van der Waals surface area contributed by atoms with Crippen LogP contribution in [0.15, 0.2) is 279 Å². The van der Waals surface area contributed by atoms with Crippen molar-refractivity contribution in [2.24, 2.45) is 0 Å². The Kier molecular flexibility index (Phi) is 10.2. The van der Waals surface area contributed by atoms with Crippen LogP contribution in [0.3, 0.4) is 0 Å². The first-order valence-corrected chi connectivity index (χ1v) is 24.1. The second-order valence-corrected chi connectivity index (χ2v) is 18.1. The van der Waals surface area contributed by atoms with Gasteiger partial charge in [0.25, 0.3) is 0 Å². The minimum Gasteiger partial charge on any atom is -0.310 e. The molecule has 0 spiro atoms. The van der Waals surface area contributed by atoms with Crippen molar-refractivity contribution in [1.82, 2.24) is 4.57 Å². The third kappa shape index (κ3) is 7.40. The van der Waals surface area contributed by atoms with Crippen molar-refractivity contribution < 1.29 is 0 Å². The van der Waals surface area contributed by atoms with Gasteiger partial charge in [-0.3, -0.25) is 0 Å². The van der Waals surface area contributed by atoms with Crippen LogP contribution in [-0.2, 0) is 0 Å². The Morgan fingerprint density at radius 3 is 1.41 bits per heavy atom. The smallest absolute Gasteiger partial charge is 0.0619 e. The molecule has 0 N–H and O–H groups in total. The van der Waals surface area contributed by atoms with Gasteiger partial charge in [0, 0.05) is 38.9 Å². The van der Waals surface area contributed by atoms with Crippen molar-refractivity contribution >= 4 is 60.4 Å². The van der Waals surface area contributed by atoms with E-state index in [1.807, 2.05) is 0 Å². The van der Waals surface area contributed by atoms with Crippen molar-refractivity contribution in [3.05, 3.63) is 279 Å². The highest BCUT2D eigenvalue weighted by Crippen LogP contribution is 2.44. The molecule has 0 fully saturated rings. The number of hydrogen-bond acceptors (Lipinski definition) is 1. The van der Waals surface area contributed by atoms with Crippen LogP contribution < -0.4 is 4.90 Å². The van der Waals surface area contributed by atoms with Crippen LogP contribution in [-0.4, -0.2) is 4.57 Å². The van der Waals surface area contributed by atoms with Gasteiger partial charge in [-0.15, -0.1) is 0 Å². The second kappa shape index (κ2) is 17.4. The average molecular weight is 891 g/mol. The Hall–Kier alpha value is -9.24. The molecule has 70 heavy (non-hydrogen) atoms. The molecule has 12 aromatic carbocycles. The summed E-state index contributed by atoms with van der Waals surface area (Å²) in [7, 11) is 0. The zero-order valence-electron chi connectivity index (χ0n) is 38.5. The summed E-state index contributed by atoms with van der Waals surface area (Å²) in [6.45, 7) is 0. The molecule has 0 bridgehead atoms. The van der Waals surface area contributed by atoms with Crippen molar-refractivity contribution in [2.75, 3.05) is 4.90 Å². The Morgan fingerprint density at radius 1 is 0.257 bits per heavy atom. The van der Waals surface area contributed by atoms with Gasteiger partial charge in [0.15, 0.2) is 0 Å². The van der Waals surface area contributed by atoms with E-state index in [1.165, 1.54) is 87.9 Å². The molecule has 328 valence electrons. The van der Waals surface area contributed by atoms with Crippen LogP contribution in [0.4, 0.5) is 17.1 Å². The standard InChI is InChI=1S/C68H46N2/c1-4-16-47(17-5-1)56-43-57(48-18-6-2-7-19-48)45-58(44-56)51-34-39-61(40-35-51)69(60-37-32-50(33-38-60)54-31-30-49-20-10-11-22-53(49)42-54)62-26-14-23-55(46-62)63-28-15-29-66-67(63)65-41-36-52-21-12-13-27-64(52)68(65)70(66)59-24-8-3-9-25-59/h1-46H. The summed E-state index contributed by atoms with van der Waals surface area (Å²) in [4.78, 5) is 2.40. The van der Waals surface area contributed by atoms with Gasteiger partial charge in [-0.25, -0.2) is 0 Å². The third-order valence-electron chi connectivity index (χ3n) is 13.9. The zero-order chi connectivity index (χ0) is 46.4. The van der Waals surface area contributed by atoms with Gasteiger partial charge in [0.05, 0.1) is 11.0 Å². The summed E-state index contributed by atoms with van der Waals surface area (Å²) >= 11 is 0. The largest absolute Gasteiger partial charge is 0.310 e. The van der Waals surface area contributed by atoms with Gasteiger partial charge in [-0.05, 0) is 151 Å². The molecule has 0 aliphatic heterocycles. The molecule has 1 aromatic heterocycles. The molecule has 0 amide bonds. The van der Waals surface area contributed by atoms with Crippen LogP contribution in [0.1, 0.15) is 0 Å². The number of benzene rings is 12. The fourth-order valence-corrected chi connectivity index (χ4v) is 10.5. The number of para-hydroxylation sites is 1. The normalized spacial score (nSPS) is 11.4. The minimum atomic E-state index is 1.08. The number of anilines is 3. The number of nitrogens with zero attached hydrogens (tertiary/aromatic N) is 2. The summed E-state index contributed by atoms with van der Waals surface area (Å²) in [5.74, 6) is 0. The van der Waals surface area contributed by atoms with Gasteiger partial charge in [0.2, 0.25) is 0 Å². The van der Waals surface area contributed by atoms with E-state index < -0.39 is 0 Å². The Bertz CT molecular complexity index is 3960. The fourth-order valence-electron chi connectivity index (χ4n) is 10.5. The summed E-state index contributed by atoms with van der Waals surface area (Å²) in [5, 5.41) is 7.43. The van der Waals surface area contributed by atoms with Gasteiger partial charge in [0.1, 0.15) is 0 Å². The first kappa shape index (κ1) is 41.0. The van der Waals surface area contributed by atoms with Crippen LogP contribution >= 0.6 is 0 Å². The van der Waals surface area contributed by atoms with E-state index in [0.717, 1.165) is 33.9 Å². The Labute approximate surface area is 408 Å². The van der Waals surface area contributed by atoms with Crippen molar-refractivity contribution in [3.8, 4) is 61.3 Å². The molecule has 2 heteroatoms. The van der Waals surface area contributed by atoms with E-state index in [0.29, 0.717) is 0 Å². The molecule has 0 saturated heterocycles. The maximum absolute atomic E-state index is 2.45. The molecule has 0 saturated carbocycles. The van der Waals surface area contributed by atoms with Crippen LogP contribution in [0.2, 0.25) is 0 Å². The molecule has 0 aliphatic rings. The molecule has 0 aliphatic carbocycles. The van der Waals surface area contributed by atoms with Crippen LogP contribution in [0, 0.1) is 0 Å². The highest BCUT2D eigenvalue weighted by molar-refractivity contribution is 6.22. The maximum Gasteiger partial charge on any atom is 0.0619 e. The second-order valence-electron chi connectivity index (χ2n) is 18.1. The minimum absolute atomic E-state index is 1.08. The Morgan fingerprint density at radius 2 is 0.757 bits per heavy atom. The number of fused-ring (bicyclic) bond motifs is 6. The summed E-state index contributed by atoms with van der Waals surface area (Å²) in [5.41, 5.74) is 18.7. The zero-order valence-corrected chi connectivity index (χ0v) is 38.5. The van der Waals surface area contributed by atoms with Crippen molar-refractivity contribution in [2.45, 2.75) is 0 Å². The molecular weight excluding hydrogens is 845 g/mol.